The molecule has 1 N–H and O–H groups in total. The number of halogens is 5. The zero-order valence-electron chi connectivity index (χ0n) is 17.9. The van der Waals surface area contributed by atoms with Gasteiger partial charge in [0.15, 0.2) is 23.2 Å². The van der Waals surface area contributed by atoms with Crippen LogP contribution in [0.2, 0.25) is 0 Å². The van der Waals surface area contributed by atoms with Crippen LogP contribution < -0.4 is 10.1 Å². The fourth-order valence-electron chi connectivity index (χ4n) is 2.92. The zero-order valence-corrected chi connectivity index (χ0v) is 18.7. The van der Waals surface area contributed by atoms with Gasteiger partial charge in [-0.3, -0.25) is 4.79 Å². The van der Waals surface area contributed by atoms with Gasteiger partial charge in [-0.05, 0) is 12.1 Å². The number of alkyl halides is 5. The number of thiazole rings is 1. The summed E-state index contributed by atoms with van der Waals surface area (Å²) in [5.74, 6) is -4.28. The number of ether oxygens (including phenoxy) is 1. The number of aromatic nitrogens is 5. The number of benzene rings is 1. The van der Waals surface area contributed by atoms with Gasteiger partial charge in [-0.15, -0.1) is 29.6 Å². The molecular formula is C20H15F5N6O3S. The molecule has 15 heteroatoms. The smallest absolute Gasteiger partial charge is 0.440 e. The summed E-state index contributed by atoms with van der Waals surface area (Å²) < 4.78 is 73.7. The molecule has 0 atom stereocenters. The Morgan fingerprint density at radius 2 is 2.00 bits per heavy atom. The third-order valence-electron chi connectivity index (χ3n) is 4.34. The molecule has 1 amide bonds. The second-order valence-electron chi connectivity index (χ2n) is 7.22. The summed E-state index contributed by atoms with van der Waals surface area (Å²) in [5.41, 5.74) is -0.429. The molecule has 0 fully saturated rings. The third kappa shape index (κ3) is 5.98. The van der Waals surface area contributed by atoms with Gasteiger partial charge in [0.25, 0.3) is 11.8 Å². The number of oxazole rings is 1. The number of amides is 1. The van der Waals surface area contributed by atoms with Gasteiger partial charge in [-0.2, -0.15) is 18.7 Å². The van der Waals surface area contributed by atoms with Crippen LogP contribution in [0.5, 0.6) is 5.75 Å². The number of nitrogens with one attached hydrogen (secondary N) is 1. The lowest BCUT2D eigenvalue weighted by Crippen LogP contribution is -2.17. The molecule has 0 aliphatic heterocycles. The van der Waals surface area contributed by atoms with Crippen molar-refractivity contribution in [2.75, 3.05) is 5.32 Å². The molecule has 0 radical (unpaired) electrons. The van der Waals surface area contributed by atoms with Crippen molar-refractivity contribution >= 4 is 23.1 Å². The van der Waals surface area contributed by atoms with Gasteiger partial charge in [0.05, 0.1) is 6.20 Å². The summed E-state index contributed by atoms with van der Waals surface area (Å²) in [5, 5.41) is 12.1. The van der Waals surface area contributed by atoms with E-state index in [0.29, 0.717) is 5.01 Å². The molecular weight excluding hydrogens is 499 g/mol. The van der Waals surface area contributed by atoms with Crippen molar-refractivity contribution in [1.82, 2.24) is 25.0 Å². The second-order valence-corrected chi connectivity index (χ2v) is 8.16. The van der Waals surface area contributed by atoms with Crippen molar-refractivity contribution in [1.29, 1.82) is 0 Å². The zero-order chi connectivity index (χ0) is 25.4. The van der Waals surface area contributed by atoms with E-state index >= 15 is 0 Å². The van der Waals surface area contributed by atoms with E-state index in [1.165, 1.54) is 30.6 Å². The number of carbonyl (C=O) groups is 1. The van der Waals surface area contributed by atoms with Crippen molar-refractivity contribution in [2.45, 2.75) is 32.7 Å². The van der Waals surface area contributed by atoms with Crippen LogP contribution in [0.15, 0.2) is 40.3 Å². The first-order valence-corrected chi connectivity index (χ1v) is 10.6. The van der Waals surface area contributed by atoms with Gasteiger partial charge >= 0.3 is 6.36 Å². The first kappa shape index (κ1) is 24.3. The van der Waals surface area contributed by atoms with Gasteiger partial charge in [-0.25, -0.2) is 9.97 Å². The highest BCUT2D eigenvalue weighted by atomic mass is 32.1. The number of hydrogen-bond donors (Lipinski definition) is 1. The van der Waals surface area contributed by atoms with E-state index in [4.69, 9.17) is 4.42 Å². The normalized spacial score (nSPS) is 12.1. The number of rotatable bonds is 7. The lowest BCUT2D eigenvalue weighted by atomic mass is 10.1. The Morgan fingerprint density at radius 3 is 2.69 bits per heavy atom. The SMILES string of the molecule is Cc1nc(C(=O)Nc2cnn(Cc3nc(C(C)(F)F)cs3)n2)c(-c2cccc(OC(F)(F)F)c2)o1. The number of nitrogens with zero attached hydrogens (tertiary/aromatic N) is 5. The highest BCUT2D eigenvalue weighted by Crippen LogP contribution is 2.31. The van der Waals surface area contributed by atoms with Crippen LogP contribution in [0.25, 0.3) is 11.3 Å². The highest BCUT2D eigenvalue weighted by Gasteiger charge is 2.31. The van der Waals surface area contributed by atoms with E-state index in [1.54, 1.807) is 0 Å². The minimum atomic E-state index is -4.89. The summed E-state index contributed by atoms with van der Waals surface area (Å²) in [6, 6.07) is 4.90. The summed E-state index contributed by atoms with van der Waals surface area (Å²) in [6.07, 6.45) is -3.66. The molecule has 35 heavy (non-hydrogen) atoms. The molecule has 184 valence electrons. The predicted molar refractivity (Wildman–Crippen MR) is 112 cm³/mol. The number of aryl methyl sites for hydroxylation is 1. The molecule has 0 bridgehead atoms. The Morgan fingerprint density at radius 1 is 1.23 bits per heavy atom. The van der Waals surface area contributed by atoms with Gasteiger partial charge in [-0.1, -0.05) is 12.1 Å². The molecule has 3 heterocycles. The molecule has 4 rings (SSSR count). The van der Waals surface area contributed by atoms with Crippen LogP contribution >= 0.6 is 11.3 Å². The summed E-state index contributed by atoms with van der Waals surface area (Å²) in [7, 11) is 0. The maximum absolute atomic E-state index is 13.4. The monoisotopic (exact) mass is 514 g/mol. The fraction of sp³-hybridized carbons (Fsp3) is 0.250. The molecule has 3 aromatic heterocycles. The minimum absolute atomic E-state index is 0.00304. The van der Waals surface area contributed by atoms with Crippen LogP contribution in [0.1, 0.15) is 34.0 Å². The van der Waals surface area contributed by atoms with Crippen molar-refractivity contribution < 1.29 is 35.9 Å². The Balaban J connectivity index is 1.50. The van der Waals surface area contributed by atoms with E-state index in [0.717, 1.165) is 35.2 Å². The molecule has 0 spiro atoms. The maximum Gasteiger partial charge on any atom is 0.573 e. The summed E-state index contributed by atoms with van der Waals surface area (Å²) in [6.45, 7) is 2.21. The van der Waals surface area contributed by atoms with Crippen molar-refractivity contribution in [3.63, 3.8) is 0 Å². The minimum Gasteiger partial charge on any atom is -0.440 e. The molecule has 0 aliphatic carbocycles. The molecule has 4 aromatic rings. The van der Waals surface area contributed by atoms with Crippen LogP contribution in [0.4, 0.5) is 27.8 Å². The first-order valence-electron chi connectivity index (χ1n) is 9.75. The van der Waals surface area contributed by atoms with Crippen LogP contribution in [-0.2, 0) is 12.5 Å². The van der Waals surface area contributed by atoms with Crippen molar-refractivity contribution in [2.24, 2.45) is 0 Å². The molecule has 1 aromatic carbocycles. The third-order valence-corrected chi connectivity index (χ3v) is 5.17. The van der Waals surface area contributed by atoms with Crippen molar-refractivity contribution in [3.8, 4) is 17.1 Å². The van der Waals surface area contributed by atoms with E-state index < -0.39 is 23.9 Å². The number of anilines is 1. The maximum atomic E-state index is 13.4. The van der Waals surface area contributed by atoms with Crippen LogP contribution in [0.3, 0.4) is 0 Å². The van der Waals surface area contributed by atoms with E-state index in [9.17, 15) is 26.7 Å². The van der Waals surface area contributed by atoms with E-state index in [2.05, 4.69) is 30.2 Å². The average molecular weight is 514 g/mol. The lowest BCUT2D eigenvalue weighted by Gasteiger charge is -2.09. The first-order chi connectivity index (χ1) is 16.4. The molecule has 0 saturated heterocycles. The standard InChI is InChI=1S/C20H15F5N6O3S/c1-10-27-16(17(33-10)11-4-3-5-12(6-11)34-20(23,24)25)18(32)29-14-7-26-31(30-14)8-15-28-13(9-35-15)19(2,21)22/h3-7,9H,8H2,1-2H3,(H,29,30,32). The molecule has 0 unspecified atom stereocenters. The molecule has 0 aliphatic rings. The summed E-state index contributed by atoms with van der Waals surface area (Å²) in [4.78, 5) is 21.8. The van der Waals surface area contributed by atoms with Gasteiger partial charge in [0, 0.05) is 24.8 Å². The fourth-order valence-corrected chi connectivity index (χ4v) is 3.77. The largest absolute Gasteiger partial charge is 0.573 e. The van der Waals surface area contributed by atoms with Crippen LogP contribution in [-0.4, -0.2) is 37.2 Å². The quantitative estimate of drug-likeness (QED) is 0.346. The second kappa shape index (κ2) is 9.05. The van der Waals surface area contributed by atoms with Gasteiger partial charge < -0.3 is 14.5 Å². The van der Waals surface area contributed by atoms with Gasteiger partial charge in [0.2, 0.25) is 0 Å². The Labute approximate surface area is 197 Å². The van der Waals surface area contributed by atoms with E-state index in [-0.39, 0.29) is 41.0 Å². The Bertz CT molecular complexity index is 1360. The van der Waals surface area contributed by atoms with Crippen molar-refractivity contribution in [3.05, 3.63) is 58.1 Å². The summed E-state index contributed by atoms with van der Waals surface area (Å²) >= 11 is 1.02. The lowest BCUT2D eigenvalue weighted by molar-refractivity contribution is -0.274. The number of hydrogen-bond acceptors (Lipinski definition) is 8. The van der Waals surface area contributed by atoms with E-state index in [1.807, 2.05) is 0 Å². The molecule has 9 nitrogen and oxygen atoms in total. The Kier molecular flexibility index (Phi) is 6.27. The highest BCUT2D eigenvalue weighted by molar-refractivity contribution is 7.09. The van der Waals surface area contributed by atoms with Gasteiger partial charge in [0.1, 0.15) is 23.0 Å². The predicted octanol–water partition coefficient (Wildman–Crippen LogP) is 5.01. The van der Waals surface area contributed by atoms with Crippen LogP contribution in [0, 0.1) is 6.92 Å². The number of carbonyl (C=O) groups excluding carboxylic acids is 1. The molecule has 0 saturated carbocycles. The topological polar surface area (TPSA) is 108 Å². The Hall–Kier alpha value is -3.88. The average Bonchev–Trinajstić information content (AvgIpc) is 3.47.